The lowest BCUT2D eigenvalue weighted by molar-refractivity contribution is 0.00100. The molecule has 1 aliphatic rings. The van der Waals surface area contributed by atoms with Crippen LogP contribution in [0.25, 0.3) is 0 Å². The van der Waals surface area contributed by atoms with Crippen molar-refractivity contribution in [2.24, 2.45) is 0 Å². The molecule has 14 heavy (non-hydrogen) atoms. The van der Waals surface area contributed by atoms with Gasteiger partial charge in [0.25, 0.3) is 0 Å². The third kappa shape index (κ3) is 2.87. The molecular weight excluding hydrogens is 180 g/mol. The number of hydrogen-bond donors (Lipinski definition) is 3. The Morgan fingerprint density at radius 3 is 2.14 bits per heavy atom. The van der Waals surface area contributed by atoms with Crippen LogP contribution in [0.1, 0.15) is 40.5 Å². The van der Waals surface area contributed by atoms with Crippen molar-refractivity contribution in [1.82, 2.24) is 10.6 Å². The monoisotopic (exact) mass is 200 g/mol. The Labute approximate surface area is 85.1 Å². The molecule has 0 aromatic heterocycles. The highest BCUT2D eigenvalue weighted by molar-refractivity contribution is 5.75. The van der Waals surface area contributed by atoms with Gasteiger partial charge in [0.2, 0.25) is 0 Å². The molecular formula is C10H20N2O2. The summed E-state index contributed by atoms with van der Waals surface area (Å²) in [5.41, 5.74) is -1.57. The molecule has 0 aromatic rings. The van der Waals surface area contributed by atoms with Crippen molar-refractivity contribution >= 4 is 6.03 Å². The first-order valence-electron chi connectivity index (χ1n) is 5.03. The second kappa shape index (κ2) is 3.42. The molecule has 0 heterocycles. The fraction of sp³-hybridized carbons (Fsp3) is 0.900. The molecule has 0 spiro atoms. The van der Waals surface area contributed by atoms with Crippen LogP contribution in [0.5, 0.6) is 0 Å². The second-order valence-corrected chi connectivity index (χ2v) is 5.06. The van der Waals surface area contributed by atoms with Crippen molar-refractivity contribution < 1.29 is 9.90 Å². The van der Waals surface area contributed by atoms with Gasteiger partial charge in [-0.25, -0.2) is 4.79 Å². The summed E-state index contributed by atoms with van der Waals surface area (Å²) in [5, 5.41) is 15.4. The largest absolute Gasteiger partial charge is 0.388 e. The van der Waals surface area contributed by atoms with Gasteiger partial charge in [0.1, 0.15) is 0 Å². The lowest BCUT2D eigenvalue weighted by atomic mass is 9.86. The Kier molecular flexibility index (Phi) is 2.76. The number of urea groups is 1. The van der Waals surface area contributed by atoms with E-state index >= 15 is 0 Å². The molecule has 1 saturated carbocycles. The van der Waals surface area contributed by atoms with Crippen LogP contribution in [-0.4, -0.2) is 28.3 Å². The number of aliphatic hydroxyl groups is 1. The maximum absolute atomic E-state index is 11.4. The summed E-state index contributed by atoms with van der Waals surface area (Å²) in [5.74, 6) is 0. The minimum absolute atomic E-state index is 0.195. The summed E-state index contributed by atoms with van der Waals surface area (Å²) in [6, 6.07) is 0.146. The molecule has 1 rings (SSSR count). The van der Waals surface area contributed by atoms with Crippen molar-refractivity contribution in [2.45, 2.75) is 57.7 Å². The third-order valence-corrected chi connectivity index (χ3v) is 2.87. The van der Waals surface area contributed by atoms with Gasteiger partial charge in [0, 0.05) is 6.04 Å². The maximum atomic E-state index is 11.4. The fourth-order valence-electron chi connectivity index (χ4n) is 0.886. The van der Waals surface area contributed by atoms with E-state index in [0.29, 0.717) is 6.04 Å². The molecule has 0 radical (unpaired) electrons. The van der Waals surface area contributed by atoms with Crippen molar-refractivity contribution in [2.75, 3.05) is 0 Å². The van der Waals surface area contributed by atoms with E-state index in [1.807, 2.05) is 0 Å². The second-order valence-electron chi connectivity index (χ2n) is 5.06. The molecule has 0 aromatic carbocycles. The van der Waals surface area contributed by atoms with Gasteiger partial charge in [0.15, 0.2) is 0 Å². The van der Waals surface area contributed by atoms with Crippen LogP contribution < -0.4 is 10.6 Å². The zero-order valence-electron chi connectivity index (χ0n) is 9.35. The maximum Gasteiger partial charge on any atom is 0.315 e. The predicted molar refractivity (Wildman–Crippen MR) is 55.1 cm³/mol. The molecule has 0 saturated heterocycles. The predicted octanol–water partition coefficient (Wildman–Crippen LogP) is 0.997. The SMILES string of the molecule is CC(C)(O)C(C)(C)NC(=O)NC1CC1. The van der Waals surface area contributed by atoms with Gasteiger partial charge in [-0.15, -0.1) is 0 Å². The van der Waals surface area contributed by atoms with E-state index in [1.165, 1.54) is 0 Å². The van der Waals surface area contributed by atoms with E-state index in [0.717, 1.165) is 12.8 Å². The lowest BCUT2D eigenvalue weighted by Crippen LogP contribution is -2.60. The van der Waals surface area contributed by atoms with E-state index in [1.54, 1.807) is 27.7 Å². The zero-order valence-corrected chi connectivity index (χ0v) is 9.35. The highest BCUT2D eigenvalue weighted by Gasteiger charge is 2.37. The fourth-order valence-corrected chi connectivity index (χ4v) is 0.886. The molecule has 0 unspecified atom stereocenters. The van der Waals surface area contributed by atoms with E-state index in [-0.39, 0.29) is 6.03 Å². The zero-order chi connectivity index (χ0) is 11.0. The van der Waals surface area contributed by atoms with Crippen molar-refractivity contribution in [3.05, 3.63) is 0 Å². The Bertz CT molecular complexity index is 227. The molecule has 2 amide bonds. The van der Waals surface area contributed by atoms with Crippen LogP contribution in [0, 0.1) is 0 Å². The third-order valence-electron chi connectivity index (χ3n) is 2.87. The first-order chi connectivity index (χ1) is 6.22. The quantitative estimate of drug-likeness (QED) is 0.636. The molecule has 0 aliphatic heterocycles. The first kappa shape index (κ1) is 11.3. The van der Waals surface area contributed by atoms with Gasteiger partial charge in [-0.2, -0.15) is 0 Å². The van der Waals surface area contributed by atoms with E-state index in [2.05, 4.69) is 10.6 Å². The van der Waals surface area contributed by atoms with Crippen LogP contribution >= 0.6 is 0 Å². The summed E-state index contributed by atoms with van der Waals surface area (Å²) in [6.07, 6.45) is 2.13. The summed E-state index contributed by atoms with van der Waals surface area (Å²) in [4.78, 5) is 11.4. The minimum atomic E-state index is -0.937. The molecule has 4 heteroatoms. The van der Waals surface area contributed by atoms with Crippen molar-refractivity contribution in [3.8, 4) is 0 Å². The number of hydrogen-bond acceptors (Lipinski definition) is 2. The van der Waals surface area contributed by atoms with Crippen LogP contribution in [-0.2, 0) is 0 Å². The molecule has 82 valence electrons. The van der Waals surface area contributed by atoms with Crippen molar-refractivity contribution in [3.63, 3.8) is 0 Å². The van der Waals surface area contributed by atoms with E-state index < -0.39 is 11.1 Å². The molecule has 4 nitrogen and oxygen atoms in total. The number of rotatable bonds is 3. The van der Waals surface area contributed by atoms with Gasteiger partial charge < -0.3 is 15.7 Å². The minimum Gasteiger partial charge on any atom is -0.388 e. The molecule has 1 aliphatic carbocycles. The summed E-state index contributed by atoms with van der Waals surface area (Å²) in [6.45, 7) is 6.98. The van der Waals surface area contributed by atoms with Gasteiger partial charge >= 0.3 is 6.03 Å². The van der Waals surface area contributed by atoms with E-state index in [9.17, 15) is 9.90 Å². The van der Waals surface area contributed by atoms with Crippen LogP contribution in [0.3, 0.4) is 0 Å². The number of amides is 2. The Balaban J connectivity index is 2.44. The summed E-state index contributed by atoms with van der Waals surface area (Å²) in [7, 11) is 0. The average Bonchev–Trinajstić information content (AvgIpc) is 2.66. The number of nitrogens with one attached hydrogen (secondary N) is 2. The summed E-state index contributed by atoms with van der Waals surface area (Å²) < 4.78 is 0. The van der Waals surface area contributed by atoms with E-state index in [4.69, 9.17) is 0 Å². The lowest BCUT2D eigenvalue weighted by Gasteiger charge is -2.37. The first-order valence-corrected chi connectivity index (χ1v) is 5.03. The average molecular weight is 200 g/mol. The highest BCUT2D eigenvalue weighted by Crippen LogP contribution is 2.21. The Hall–Kier alpha value is -0.770. The standard InChI is InChI=1S/C10H20N2O2/c1-9(2,10(3,4)14)12-8(13)11-7-5-6-7/h7,14H,5-6H2,1-4H3,(H2,11,12,13). The molecule has 3 N–H and O–H groups in total. The van der Waals surface area contributed by atoms with Crippen molar-refractivity contribution in [1.29, 1.82) is 0 Å². The Morgan fingerprint density at radius 1 is 1.29 bits per heavy atom. The topological polar surface area (TPSA) is 61.4 Å². The van der Waals surface area contributed by atoms with Crippen LogP contribution in [0.2, 0.25) is 0 Å². The molecule has 1 fully saturated rings. The molecule has 0 bridgehead atoms. The van der Waals surface area contributed by atoms with Gasteiger partial charge in [0.05, 0.1) is 11.1 Å². The van der Waals surface area contributed by atoms with Gasteiger partial charge in [-0.3, -0.25) is 0 Å². The number of carbonyl (C=O) groups excluding carboxylic acids is 1. The van der Waals surface area contributed by atoms with Gasteiger partial charge in [-0.05, 0) is 40.5 Å². The molecule has 0 atom stereocenters. The highest BCUT2D eigenvalue weighted by atomic mass is 16.3. The van der Waals surface area contributed by atoms with Crippen LogP contribution in [0.15, 0.2) is 0 Å². The smallest absolute Gasteiger partial charge is 0.315 e. The normalized spacial score (nSPS) is 17.8. The van der Waals surface area contributed by atoms with Crippen LogP contribution in [0.4, 0.5) is 4.79 Å². The van der Waals surface area contributed by atoms with Gasteiger partial charge in [-0.1, -0.05) is 0 Å². The Morgan fingerprint density at radius 2 is 1.79 bits per heavy atom. The summed E-state index contributed by atoms with van der Waals surface area (Å²) >= 11 is 0. The number of carbonyl (C=O) groups is 1.